The van der Waals surface area contributed by atoms with Gasteiger partial charge in [-0.1, -0.05) is 34.1 Å². The van der Waals surface area contributed by atoms with E-state index in [1.165, 1.54) is 6.92 Å². The predicted molar refractivity (Wildman–Crippen MR) is 106 cm³/mol. The molecular formula is C18H16BrN2O6S-. The summed E-state index contributed by atoms with van der Waals surface area (Å²) in [5.41, 5.74) is 1.30. The number of ether oxygens (including phenoxy) is 1. The highest BCUT2D eigenvalue weighted by molar-refractivity contribution is 9.09. The Kier molecular flexibility index (Phi) is 6.45. The zero-order chi connectivity index (χ0) is 20.3. The molecule has 0 saturated carbocycles. The minimum absolute atomic E-state index is 0.103. The van der Waals surface area contributed by atoms with E-state index in [2.05, 4.69) is 25.6 Å². The molecule has 0 spiro atoms. The van der Waals surface area contributed by atoms with Crippen molar-refractivity contribution in [2.24, 2.45) is 0 Å². The van der Waals surface area contributed by atoms with Crippen LogP contribution >= 0.6 is 15.9 Å². The maximum Gasteiger partial charge on any atom is 0.308 e. The number of pyridine rings is 1. The van der Waals surface area contributed by atoms with Crippen LogP contribution in [0.25, 0.3) is 22.2 Å². The number of benzene rings is 1. The Bertz CT molecular complexity index is 1030. The number of hydrogen-bond donors (Lipinski definition) is 2. The number of para-hydroxylation sites is 1. The Morgan fingerprint density at radius 3 is 2.89 bits per heavy atom. The summed E-state index contributed by atoms with van der Waals surface area (Å²) in [6.45, 7) is 1.34. The SMILES string of the molecule is CC(=O)Oc1c(C(Br)CCNS(=O)[O-])oc(-c2ccnc3ccccc23)c1O. The Morgan fingerprint density at radius 2 is 2.18 bits per heavy atom. The first-order chi connectivity index (χ1) is 13.4. The van der Waals surface area contributed by atoms with Gasteiger partial charge in [-0.3, -0.25) is 14.0 Å². The third kappa shape index (κ3) is 4.41. The van der Waals surface area contributed by atoms with Crippen molar-refractivity contribution in [2.75, 3.05) is 6.54 Å². The van der Waals surface area contributed by atoms with Crippen LogP contribution in [0.1, 0.15) is 23.9 Å². The summed E-state index contributed by atoms with van der Waals surface area (Å²) in [4.78, 5) is 15.3. The van der Waals surface area contributed by atoms with Crippen LogP contribution in [0.15, 0.2) is 40.9 Å². The molecule has 0 amide bonds. The van der Waals surface area contributed by atoms with Gasteiger partial charge in [0, 0.05) is 41.9 Å². The second-order valence-electron chi connectivity index (χ2n) is 5.83. The van der Waals surface area contributed by atoms with E-state index >= 15 is 0 Å². The lowest BCUT2D eigenvalue weighted by Crippen LogP contribution is -2.18. The Morgan fingerprint density at radius 1 is 1.43 bits per heavy atom. The number of aromatic nitrogens is 1. The summed E-state index contributed by atoms with van der Waals surface area (Å²) in [7, 11) is 0. The molecule has 2 atom stereocenters. The zero-order valence-electron chi connectivity index (χ0n) is 14.7. The van der Waals surface area contributed by atoms with E-state index in [4.69, 9.17) is 9.15 Å². The van der Waals surface area contributed by atoms with E-state index < -0.39 is 22.1 Å². The lowest BCUT2D eigenvalue weighted by atomic mass is 10.1. The molecule has 0 aliphatic rings. The highest BCUT2D eigenvalue weighted by atomic mass is 79.9. The highest BCUT2D eigenvalue weighted by Crippen LogP contribution is 2.49. The number of rotatable bonds is 7. The maximum atomic E-state index is 11.5. The Labute approximate surface area is 171 Å². The summed E-state index contributed by atoms with van der Waals surface area (Å²) >= 11 is 1.01. The van der Waals surface area contributed by atoms with Crippen molar-refractivity contribution in [2.45, 2.75) is 18.2 Å². The van der Waals surface area contributed by atoms with Crippen LogP contribution in [0.5, 0.6) is 11.5 Å². The van der Waals surface area contributed by atoms with Crippen LogP contribution in [0, 0.1) is 0 Å². The molecule has 0 bridgehead atoms. The maximum absolute atomic E-state index is 11.5. The van der Waals surface area contributed by atoms with E-state index in [1.807, 2.05) is 24.3 Å². The first-order valence-electron chi connectivity index (χ1n) is 8.23. The number of alkyl halides is 1. The number of nitrogens with zero attached hydrogens (tertiary/aromatic N) is 1. The zero-order valence-corrected chi connectivity index (χ0v) is 17.1. The number of furan rings is 1. The standard InChI is InChI=1S/C18H17BrN2O6S/c1-10(22)26-18-15(23)16(27-17(18)13(19)7-9-21-28(24)25)12-6-8-20-14-5-3-2-4-11(12)14/h2-6,8,13,21,23H,7,9H2,1H3,(H,24,25)/p-1. The van der Waals surface area contributed by atoms with Crippen molar-refractivity contribution < 1.29 is 27.8 Å². The average molecular weight is 468 g/mol. The van der Waals surface area contributed by atoms with Gasteiger partial charge in [0.15, 0.2) is 11.5 Å². The first-order valence-corrected chi connectivity index (χ1v) is 10.2. The molecular weight excluding hydrogens is 452 g/mol. The molecule has 0 aliphatic heterocycles. The van der Waals surface area contributed by atoms with Crippen LogP contribution < -0.4 is 9.46 Å². The van der Waals surface area contributed by atoms with E-state index in [1.54, 1.807) is 12.3 Å². The molecule has 148 valence electrons. The van der Waals surface area contributed by atoms with Gasteiger partial charge < -0.3 is 18.8 Å². The molecule has 1 aromatic carbocycles. The van der Waals surface area contributed by atoms with Crippen LogP contribution in [0.4, 0.5) is 0 Å². The van der Waals surface area contributed by atoms with Crippen molar-refractivity contribution in [1.29, 1.82) is 0 Å². The van der Waals surface area contributed by atoms with E-state index in [9.17, 15) is 18.7 Å². The minimum Gasteiger partial charge on any atom is -0.760 e. The van der Waals surface area contributed by atoms with E-state index in [0.29, 0.717) is 17.5 Å². The van der Waals surface area contributed by atoms with Crippen LogP contribution in [-0.4, -0.2) is 31.4 Å². The number of nitrogens with one attached hydrogen (secondary N) is 1. The van der Waals surface area contributed by atoms with Gasteiger partial charge in [0.2, 0.25) is 11.5 Å². The minimum atomic E-state index is -2.39. The van der Waals surface area contributed by atoms with Crippen molar-refractivity contribution in [1.82, 2.24) is 9.71 Å². The lowest BCUT2D eigenvalue weighted by Gasteiger charge is -2.11. The first kappa shape index (κ1) is 20.5. The average Bonchev–Trinajstić information content (AvgIpc) is 2.97. The lowest BCUT2D eigenvalue weighted by molar-refractivity contribution is -0.132. The molecule has 0 saturated heterocycles. The fourth-order valence-corrected chi connectivity index (χ4v) is 3.56. The van der Waals surface area contributed by atoms with Crippen molar-refractivity contribution in [3.8, 4) is 22.8 Å². The van der Waals surface area contributed by atoms with Crippen molar-refractivity contribution in [3.05, 3.63) is 42.3 Å². The largest absolute Gasteiger partial charge is 0.760 e. The number of carbonyl (C=O) groups is 1. The van der Waals surface area contributed by atoms with Gasteiger partial charge in [-0.25, -0.2) is 4.72 Å². The second-order valence-corrected chi connectivity index (χ2v) is 7.69. The van der Waals surface area contributed by atoms with Crippen molar-refractivity contribution >= 4 is 44.1 Å². The summed E-state index contributed by atoms with van der Waals surface area (Å²) in [6, 6.07) is 9.04. The summed E-state index contributed by atoms with van der Waals surface area (Å²) in [5, 5.41) is 11.5. The smallest absolute Gasteiger partial charge is 0.308 e. The van der Waals surface area contributed by atoms with Crippen LogP contribution in [-0.2, 0) is 16.1 Å². The van der Waals surface area contributed by atoms with Gasteiger partial charge in [0.05, 0.1) is 10.3 Å². The Balaban J connectivity index is 2.06. The van der Waals surface area contributed by atoms with Gasteiger partial charge in [-0.2, -0.15) is 0 Å². The third-order valence-corrected chi connectivity index (χ3v) is 5.22. The van der Waals surface area contributed by atoms with Gasteiger partial charge in [-0.05, 0) is 18.6 Å². The van der Waals surface area contributed by atoms with Crippen LogP contribution in [0.2, 0.25) is 0 Å². The van der Waals surface area contributed by atoms with Gasteiger partial charge in [0.25, 0.3) is 0 Å². The number of carbonyl (C=O) groups excluding carboxylic acids is 1. The molecule has 3 rings (SSSR count). The summed E-state index contributed by atoms with van der Waals surface area (Å²) in [6.07, 6.45) is 1.88. The number of fused-ring (bicyclic) bond motifs is 1. The van der Waals surface area contributed by atoms with E-state index in [-0.39, 0.29) is 29.6 Å². The summed E-state index contributed by atoms with van der Waals surface area (Å²) < 4.78 is 34.6. The number of esters is 1. The third-order valence-electron chi connectivity index (χ3n) is 3.91. The van der Waals surface area contributed by atoms with Gasteiger partial charge in [-0.15, -0.1) is 0 Å². The molecule has 3 aromatic rings. The second kappa shape index (κ2) is 8.82. The fraction of sp³-hybridized carbons (Fsp3) is 0.222. The number of aromatic hydroxyl groups is 1. The Hall–Kier alpha value is -2.27. The molecule has 8 nitrogen and oxygen atoms in total. The van der Waals surface area contributed by atoms with Crippen LogP contribution in [0.3, 0.4) is 0 Å². The quantitative estimate of drug-likeness (QED) is 0.310. The molecule has 2 aromatic heterocycles. The predicted octanol–water partition coefficient (Wildman–Crippen LogP) is 3.34. The molecule has 0 aliphatic carbocycles. The topological polar surface area (TPSA) is 125 Å². The molecule has 0 radical (unpaired) electrons. The molecule has 28 heavy (non-hydrogen) atoms. The van der Waals surface area contributed by atoms with Crippen molar-refractivity contribution in [3.63, 3.8) is 0 Å². The normalized spacial score (nSPS) is 13.4. The molecule has 2 N–H and O–H groups in total. The fourth-order valence-electron chi connectivity index (χ4n) is 2.75. The van der Waals surface area contributed by atoms with E-state index in [0.717, 1.165) is 5.39 Å². The highest BCUT2D eigenvalue weighted by Gasteiger charge is 2.29. The number of halogens is 1. The van der Waals surface area contributed by atoms with Gasteiger partial charge >= 0.3 is 5.97 Å². The van der Waals surface area contributed by atoms with Gasteiger partial charge in [0.1, 0.15) is 0 Å². The molecule has 2 heterocycles. The summed E-state index contributed by atoms with van der Waals surface area (Å²) in [5.74, 6) is -0.724. The monoisotopic (exact) mass is 467 g/mol. The number of hydrogen-bond acceptors (Lipinski definition) is 7. The molecule has 0 fully saturated rings. The molecule has 2 unspecified atom stereocenters. The molecule has 10 heteroatoms.